The average molecular weight is 360 g/mol. The van der Waals surface area contributed by atoms with Crippen molar-refractivity contribution in [3.05, 3.63) is 76.1 Å². The van der Waals surface area contributed by atoms with Crippen LogP contribution in [0.3, 0.4) is 0 Å². The molecule has 5 heteroatoms. The summed E-state index contributed by atoms with van der Waals surface area (Å²) in [5.41, 5.74) is 1.98. The Hall–Kier alpha value is -3.08. The maximum atomic E-state index is 13.0. The number of rotatable bonds is 1. The zero-order valence-corrected chi connectivity index (χ0v) is 15.1. The van der Waals surface area contributed by atoms with Crippen LogP contribution in [0.5, 0.6) is 5.75 Å². The minimum absolute atomic E-state index is 0.0356. The molecule has 136 valence electrons. The second-order valence-corrected chi connectivity index (χ2v) is 7.72. The highest BCUT2D eigenvalue weighted by molar-refractivity contribution is 5.97. The normalized spacial score (nSPS) is 17.3. The molecular weight excluding hydrogens is 340 g/mol. The Morgan fingerprint density at radius 2 is 1.81 bits per heavy atom. The van der Waals surface area contributed by atoms with Crippen molar-refractivity contribution < 1.29 is 9.53 Å². The molecule has 2 aliphatic rings. The number of para-hydroxylation sites is 2. The van der Waals surface area contributed by atoms with Crippen molar-refractivity contribution in [3.63, 3.8) is 0 Å². The molecule has 27 heavy (non-hydrogen) atoms. The van der Waals surface area contributed by atoms with Crippen LogP contribution in [0.25, 0.3) is 10.9 Å². The van der Waals surface area contributed by atoms with Gasteiger partial charge in [0.2, 0.25) is 0 Å². The van der Waals surface area contributed by atoms with Crippen LogP contribution in [0.4, 0.5) is 0 Å². The minimum atomic E-state index is -0.245. The van der Waals surface area contributed by atoms with E-state index in [2.05, 4.69) is 6.07 Å². The van der Waals surface area contributed by atoms with Gasteiger partial charge in [-0.3, -0.25) is 9.59 Å². The summed E-state index contributed by atoms with van der Waals surface area (Å²) in [4.78, 5) is 27.4. The van der Waals surface area contributed by atoms with Gasteiger partial charge in [0.15, 0.2) is 0 Å². The molecule has 0 saturated carbocycles. The van der Waals surface area contributed by atoms with Gasteiger partial charge in [-0.2, -0.15) is 0 Å². The van der Waals surface area contributed by atoms with Gasteiger partial charge in [-0.15, -0.1) is 0 Å². The van der Waals surface area contributed by atoms with Gasteiger partial charge in [0.1, 0.15) is 11.3 Å². The number of hydrogen-bond acceptors (Lipinski definition) is 3. The smallest absolute Gasteiger partial charge is 0.263 e. The molecule has 0 unspecified atom stereocenters. The zero-order valence-electron chi connectivity index (χ0n) is 15.1. The standard InChI is InChI=1S/C22H20N2O3/c1-23-18-8-4-2-6-15(18)10-17(20(23)25)21(26)24-12-22(13-24)11-16-7-3-5-9-19(16)27-14-22/h2-10H,11-14H2,1H3. The van der Waals surface area contributed by atoms with E-state index in [4.69, 9.17) is 4.74 Å². The number of carbonyl (C=O) groups excluding carboxylic acids is 1. The number of aromatic nitrogens is 1. The third kappa shape index (κ3) is 2.46. The predicted molar refractivity (Wildman–Crippen MR) is 103 cm³/mol. The quantitative estimate of drug-likeness (QED) is 0.670. The van der Waals surface area contributed by atoms with Gasteiger partial charge < -0.3 is 14.2 Å². The molecule has 1 saturated heterocycles. The van der Waals surface area contributed by atoms with E-state index in [9.17, 15) is 9.59 Å². The Kier molecular flexibility index (Phi) is 3.41. The third-order valence-electron chi connectivity index (χ3n) is 5.78. The number of fused-ring (bicyclic) bond motifs is 2. The van der Waals surface area contributed by atoms with Crippen molar-refractivity contribution in [3.8, 4) is 5.75 Å². The lowest BCUT2D eigenvalue weighted by atomic mass is 9.73. The molecular formula is C22H20N2O3. The van der Waals surface area contributed by atoms with E-state index in [-0.39, 0.29) is 22.4 Å². The molecule has 0 aliphatic carbocycles. The highest BCUT2D eigenvalue weighted by atomic mass is 16.5. The Morgan fingerprint density at radius 3 is 2.67 bits per heavy atom. The maximum Gasteiger partial charge on any atom is 0.263 e. The van der Waals surface area contributed by atoms with Gasteiger partial charge in [-0.05, 0) is 35.6 Å². The first-order chi connectivity index (χ1) is 13.1. The number of nitrogens with zero attached hydrogens (tertiary/aromatic N) is 2. The van der Waals surface area contributed by atoms with Gasteiger partial charge in [0.05, 0.1) is 12.1 Å². The molecule has 2 aliphatic heterocycles. The molecule has 1 spiro atoms. The highest BCUT2D eigenvalue weighted by Gasteiger charge is 2.48. The van der Waals surface area contributed by atoms with Crippen molar-refractivity contribution in [2.75, 3.05) is 19.7 Å². The van der Waals surface area contributed by atoms with Crippen LogP contribution in [0.1, 0.15) is 15.9 Å². The molecule has 5 rings (SSSR count). The molecule has 1 amide bonds. The molecule has 1 fully saturated rings. The molecule has 0 bridgehead atoms. The van der Waals surface area contributed by atoms with E-state index in [0.29, 0.717) is 19.7 Å². The molecule has 5 nitrogen and oxygen atoms in total. The lowest BCUT2D eigenvalue weighted by molar-refractivity contribution is -0.0291. The Labute approximate surface area is 156 Å². The molecule has 3 heterocycles. The summed E-state index contributed by atoms with van der Waals surface area (Å²) in [6, 6.07) is 17.4. The van der Waals surface area contributed by atoms with Crippen LogP contribution in [0.2, 0.25) is 0 Å². The van der Waals surface area contributed by atoms with Crippen LogP contribution in [0, 0.1) is 5.41 Å². The number of likely N-dealkylation sites (tertiary alicyclic amines) is 1. The third-order valence-corrected chi connectivity index (χ3v) is 5.78. The highest BCUT2D eigenvalue weighted by Crippen LogP contribution is 2.41. The van der Waals surface area contributed by atoms with Gasteiger partial charge in [-0.25, -0.2) is 0 Å². The summed E-state index contributed by atoms with van der Waals surface area (Å²) in [6.45, 7) is 1.86. The van der Waals surface area contributed by atoms with Crippen molar-refractivity contribution in [1.29, 1.82) is 0 Å². The van der Waals surface area contributed by atoms with Crippen LogP contribution in [0.15, 0.2) is 59.4 Å². The molecule has 0 radical (unpaired) electrons. The zero-order chi connectivity index (χ0) is 18.6. The van der Waals surface area contributed by atoms with Gasteiger partial charge >= 0.3 is 0 Å². The average Bonchev–Trinajstić information content (AvgIpc) is 2.68. The number of benzene rings is 2. The first-order valence-corrected chi connectivity index (χ1v) is 9.15. The molecule has 0 N–H and O–H groups in total. The van der Waals surface area contributed by atoms with E-state index in [1.54, 1.807) is 22.6 Å². The van der Waals surface area contributed by atoms with Crippen molar-refractivity contribution in [2.24, 2.45) is 12.5 Å². The Morgan fingerprint density at radius 1 is 1.07 bits per heavy atom. The summed E-state index contributed by atoms with van der Waals surface area (Å²) in [5.74, 6) is 0.752. The molecule has 1 aromatic heterocycles. The van der Waals surface area contributed by atoms with Gasteiger partial charge in [0.25, 0.3) is 11.5 Å². The number of ether oxygens (including phenoxy) is 1. The van der Waals surface area contributed by atoms with Gasteiger partial charge in [-0.1, -0.05) is 36.4 Å². The fourth-order valence-corrected chi connectivity index (χ4v) is 4.33. The Bertz CT molecular complexity index is 1130. The number of aryl methyl sites for hydroxylation is 1. The van der Waals surface area contributed by atoms with Crippen molar-refractivity contribution in [2.45, 2.75) is 6.42 Å². The van der Waals surface area contributed by atoms with Crippen LogP contribution >= 0.6 is 0 Å². The summed E-state index contributed by atoms with van der Waals surface area (Å²) in [6.07, 6.45) is 0.905. The van der Waals surface area contributed by atoms with E-state index in [1.165, 1.54) is 5.56 Å². The number of pyridine rings is 1. The second kappa shape index (κ2) is 5.71. The summed E-state index contributed by atoms with van der Waals surface area (Å²) >= 11 is 0. The van der Waals surface area contributed by atoms with Crippen LogP contribution in [-0.4, -0.2) is 35.1 Å². The van der Waals surface area contributed by atoms with Crippen LogP contribution in [-0.2, 0) is 13.5 Å². The first-order valence-electron chi connectivity index (χ1n) is 9.15. The molecule has 0 atom stereocenters. The minimum Gasteiger partial charge on any atom is -0.493 e. The number of hydrogen-bond donors (Lipinski definition) is 0. The lowest BCUT2D eigenvalue weighted by Crippen LogP contribution is -2.63. The fourth-order valence-electron chi connectivity index (χ4n) is 4.33. The van der Waals surface area contributed by atoms with E-state index < -0.39 is 0 Å². The largest absolute Gasteiger partial charge is 0.493 e. The molecule has 3 aromatic rings. The second-order valence-electron chi connectivity index (χ2n) is 7.72. The topological polar surface area (TPSA) is 51.5 Å². The predicted octanol–water partition coefficient (Wildman–Crippen LogP) is 2.62. The first kappa shape index (κ1) is 16.1. The van der Waals surface area contributed by atoms with E-state index in [0.717, 1.165) is 23.1 Å². The summed E-state index contributed by atoms with van der Waals surface area (Å²) in [7, 11) is 1.71. The Balaban J connectivity index is 1.41. The van der Waals surface area contributed by atoms with Gasteiger partial charge in [0, 0.05) is 25.6 Å². The molecule has 2 aromatic carbocycles. The summed E-state index contributed by atoms with van der Waals surface area (Å²) < 4.78 is 7.47. The van der Waals surface area contributed by atoms with Crippen LogP contribution < -0.4 is 10.3 Å². The number of amides is 1. The summed E-state index contributed by atoms with van der Waals surface area (Å²) in [5, 5.41) is 0.896. The SMILES string of the molecule is Cn1c(=O)c(C(=O)N2CC3(COc4ccccc4C3)C2)cc2ccccc21. The fraction of sp³-hybridized carbons (Fsp3) is 0.273. The van der Waals surface area contributed by atoms with E-state index in [1.807, 2.05) is 42.5 Å². The van der Waals surface area contributed by atoms with Crippen molar-refractivity contribution in [1.82, 2.24) is 9.47 Å². The monoisotopic (exact) mass is 360 g/mol. The van der Waals surface area contributed by atoms with Crippen molar-refractivity contribution >= 4 is 16.8 Å². The number of carbonyl (C=O) groups is 1. The van der Waals surface area contributed by atoms with E-state index >= 15 is 0 Å². The maximum absolute atomic E-state index is 13.0. The lowest BCUT2D eigenvalue weighted by Gasteiger charge is -2.51.